The molecule has 4 bridgehead atoms. The Morgan fingerprint density at radius 1 is 0.412 bits per heavy atom. The fraction of sp³-hybridized carbons (Fsp3) is 0. The summed E-state index contributed by atoms with van der Waals surface area (Å²) in [5.41, 5.74) is 5.35. The lowest BCUT2D eigenvalue weighted by atomic mass is 9.95. The molecule has 0 N–H and O–H groups in total. The first kappa shape index (κ1) is 21.9. The van der Waals surface area contributed by atoms with Crippen molar-refractivity contribution in [2.24, 2.45) is 0 Å². The van der Waals surface area contributed by atoms with Crippen LogP contribution in [-0.2, 0) is 0 Å². The third-order valence-corrected chi connectivity index (χ3v) is 6.50. The van der Waals surface area contributed by atoms with Crippen LogP contribution >= 0.6 is 25.3 Å². The molecule has 0 aliphatic heterocycles. The second-order valence-corrected chi connectivity index (χ2v) is 9.08. The minimum absolute atomic E-state index is 0.607. The maximum Gasteiger partial charge on any atom is 0.100 e. The topological polar surface area (TPSA) is 47.6 Å². The molecule has 0 saturated heterocycles. The molecule has 0 atom stereocenters. The Balaban J connectivity index is 1.83. The summed E-state index contributed by atoms with van der Waals surface area (Å²) in [5.74, 6) is 0. The predicted octanol–water partition coefficient (Wildman–Crippen LogP) is 8.21. The molecule has 0 saturated carbocycles. The fourth-order valence-electron chi connectivity index (χ4n) is 4.16. The molecule has 160 valence electrons. The summed E-state index contributed by atoms with van der Waals surface area (Å²) in [6.07, 6.45) is 0. The molecule has 2 nitrogen and oxygen atoms in total. The number of nitriles is 2. The SMILES string of the molecule is N#Cc1c2ccc3cc(-c4ccc(S)cc4)cc(ccc1cc(-c1ccc(S)cc1)c2)c3C#N. The standard InChI is InChI=1S/C30H18N2S2/c31-17-29-21-1-2-22-14-26(20-7-11-28(34)12-8-20)16-24(30(22)18-32)4-3-23(29)15-25(13-21)19-5-9-27(33)10-6-19/h1-16,33-34H. The lowest BCUT2D eigenvalue weighted by Gasteiger charge is -2.08. The van der Waals surface area contributed by atoms with Crippen LogP contribution in [0.25, 0.3) is 43.8 Å². The van der Waals surface area contributed by atoms with Gasteiger partial charge in [-0.25, -0.2) is 0 Å². The van der Waals surface area contributed by atoms with Crippen molar-refractivity contribution in [3.8, 4) is 34.4 Å². The van der Waals surface area contributed by atoms with Crippen molar-refractivity contribution in [1.29, 1.82) is 10.5 Å². The van der Waals surface area contributed by atoms with Crippen LogP contribution in [0, 0.1) is 22.7 Å². The van der Waals surface area contributed by atoms with Gasteiger partial charge in [-0.1, -0.05) is 48.5 Å². The van der Waals surface area contributed by atoms with Crippen LogP contribution in [0.5, 0.6) is 0 Å². The van der Waals surface area contributed by atoms with Crippen LogP contribution in [0.2, 0.25) is 0 Å². The van der Waals surface area contributed by atoms with E-state index >= 15 is 0 Å². The van der Waals surface area contributed by atoms with E-state index in [-0.39, 0.29) is 0 Å². The van der Waals surface area contributed by atoms with Crippen molar-refractivity contribution in [2.75, 3.05) is 0 Å². The summed E-state index contributed by atoms with van der Waals surface area (Å²) < 4.78 is 0. The average molecular weight is 471 g/mol. The fourth-order valence-corrected chi connectivity index (χ4v) is 4.46. The van der Waals surface area contributed by atoms with E-state index in [0.717, 1.165) is 53.6 Å². The Hall–Kier alpha value is -3.96. The lowest BCUT2D eigenvalue weighted by molar-refractivity contribution is 1.47. The van der Waals surface area contributed by atoms with Gasteiger partial charge in [-0.3, -0.25) is 0 Å². The normalized spacial score (nSPS) is 10.6. The van der Waals surface area contributed by atoms with Gasteiger partial charge in [0.2, 0.25) is 0 Å². The van der Waals surface area contributed by atoms with Crippen molar-refractivity contribution in [1.82, 2.24) is 0 Å². The molecule has 4 heteroatoms. The van der Waals surface area contributed by atoms with E-state index in [4.69, 9.17) is 0 Å². The van der Waals surface area contributed by atoms with Gasteiger partial charge in [0.15, 0.2) is 0 Å². The van der Waals surface area contributed by atoms with E-state index in [9.17, 15) is 10.5 Å². The monoisotopic (exact) mass is 470 g/mol. The number of thiol groups is 2. The third-order valence-electron chi connectivity index (χ3n) is 5.91. The van der Waals surface area contributed by atoms with Crippen molar-refractivity contribution >= 4 is 46.8 Å². The molecular weight excluding hydrogens is 452 g/mol. The van der Waals surface area contributed by atoms with E-state index in [0.29, 0.717) is 11.1 Å². The molecule has 0 unspecified atom stereocenters. The molecule has 5 aromatic carbocycles. The van der Waals surface area contributed by atoms with Crippen molar-refractivity contribution in [2.45, 2.75) is 9.79 Å². The van der Waals surface area contributed by atoms with E-state index in [2.05, 4.69) is 37.4 Å². The van der Waals surface area contributed by atoms with Gasteiger partial charge in [0, 0.05) is 9.79 Å². The van der Waals surface area contributed by atoms with Gasteiger partial charge < -0.3 is 0 Å². The molecule has 0 radical (unpaired) electrons. The molecule has 0 fully saturated rings. The van der Waals surface area contributed by atoms with Crippen molar-refractivity contribution in [3.63, 3.8) is 0 Å². The Morgan fingerprint density at radius 2 is 0.706 bits per heavy atom. The summed E-state index contributed by atoms with van der Waals surface area (Å²) in [5, 5.41) is 23.1. The van der Waals surface area contributed by atoms with Crippen LogP contribution in [0.15, 0.2) is 107 Å². The number of hydrogen-bond donors (Lipinski definition) is 2. The Labute approximate surface area is 209 Å². The van der Waals surface area contributed by atoms with Gasteiger partial charge in [-0.15, -0.1) is 25.3 Å². The average Bonchev–Trinajstić information content (AvgIpc) is 2.85. The second kappa shape index (κ2) is 9.12. The summed E-state index contributed by atoms with van der Waals surface area (Å²) >= 11 is 8.77. The molecular formula is C30H18N2S2. The Kier molecular flexibility index (Phi) is 5.86. The van der Waals surface area contributed by atoms with Crippen molar-refractivity contribution < 1.29 is 0 Å². The maximum absolute atomic E-state index is 9.93. The number of fused-ring (bicyclic) bond motifs is 4. The zero-order valence-electron chi connectivity index (χ0n) is 18.0. The first-order chi connectivity index (χ1) is 16.6. The summed E-state index contributed by atoms with van der Waals surface area (Å²) in [7, 11) is 0. The smallest absolute Gasteiger partial charge is 0.100 e. The largest absolute Gasteiger partial charge is 0.192 e. The maximum atomic E-state index is 9.93. The van der Waals surface area contributed by atoms with Crippen LogP contribution in [0.1, 0.15) is 11.1 Å². The zero-order chi connectivity index (χ0) is 23.7. The highest BCUT2D eigenvalue weighted by molar-refractivity contribution is 7.80. The lowest BCUT2D eigenvalue weighted by Crippen LogP contribution is -1.86. The highest BCUT2D eigenvalue weighted by Crippen LogP contribution is 2.31. The highest BCUT2D eigenvalue weighted by atomic mass is 32.1. The van der Waals surface area contributed by atoms with Crippen LogP contribution in [0.3, 0.4) is 0 Å². The number of hydrogen-bond acceptors (Lipinski definition) is 4. The predicted molar refractivity (Wildman–Crippen MR) is 145 cm³/mol. The first-order valence-electron chi connectivity index (χ1n) is 10.7. The molecule has 0 spiro atoms. The Bertz CT molecular complexity index is 1480. The van der Waals surface area contributed by atoms with E-state index in [1.165, 1.54) is 0 Å². The van der Waals surface area contributed by atoms with Crippen molar-refractivity contribution in [3.05, 3.63) is 108 Å². The van der Waals surface area contributed by atoms with Gasteiger partial charge in [0.25, 0.3) is 0 Å². The zero-order valence-corrected chi connectivity index (χ0v) is 19.8. The van der Waals surface area contributed by atoms with Crippen LogP contribution in [-0.4, -0.2) is 0 Å². The van der Waals surface area contributed by atoms with Gasteiger partial charge in [-0.2, -0.15) is 10.5 Å². The summed E-state index contributed by atoms with van der Waals surface area (Å²) in [6.45, 7) is 0. The highest BCUT2D eigenvalue weighted by Gasteiger charge is 2.08. The second-order valence-electron chi connectivity index (χ2n) is 8.04. The van der Waals surface area contributed by atoms with Gasteiger partial charge in [-0.05, 0) is 92.3 Å². The molecule has 0 heterocycles. The number of nitrogens with zero attached hydrogens (tertiary/aromatic N) is 2. The van der Waals surface area contributed by atoms with Crippen LogP contribution in [0.4, 0.5) is 0 Å². The third kappa shape index (κ3) is 4.18. The Morgan fingerprint density at radius 3 is 0.971 bits per heavy atom. The quantitative estimate of drug-likeness (QED) is 0.255. The minimum Gasteiger partial charge on any atom is -0.192 e. The number of rotatable bonds is 2. The molecule has 0 aliphatic rings. The molecule has 34 heavy (non-hydrogen) atoms. The van der Waals surface area contributed by atoms with Crippen LogP contribution < -0.4 is 0 Å². The molecule has 0 amide bonds. The first-order valence-corrected chi connectivity index (χ1v) is 11.6. The van der Waals surface area contributed by atoms with E-state index in [1.807, 2.05) is 97.1 Å². The van der Waals surface area contributed by atoms with E-state index in [1.54, 1.807) is 0 Å². The van der Waals surface area contributed by atoms with Gasteiger partial charge >= 0.3 is 0 Å². The summed E-state index contributed by atoms with van der Waals surface area (Å²) in [4.78, 5) is 1.80. The van der Waals surface area contributed by atoms with Gasteiger partial charge in [0.1, 0.15) is 12.1 Å². The van der Waals surface area contributed by atoms with E-state index < -0.39 is 0 Å². The molecule has 0 aliphatic carbocycles. The molecule has 0 aromatic heterocycles. The number of benzene rings is 4. The minimum atomic E-state index is 0.607. The molecule has 5 rings (SSSR count). The molecule has 5 aromatic rings. The summed E-state index contributed by atoms with van der Waals surface area (Å²) in [6, 6.07) is 36.4. The van der Waals surface area contributed by atoms with Gasteiger partial charge in [0.05, 0.1) is 11.1 Å².